The monoisotopic (exact) mass is 298 g/mol. The number of carbonyl (C=O) groups is 1. The first-order chi connectivity index (χ1) is 10.6. The van der Waals surface area contributed by atoms with E-state index < -0.39 is 0 Å². The SMILES string of the molecule is CC(=O)Nc1c[nH]c2ccc(CCOn3ccc(C)n3)cc12. The number of benzene rings is 1. The number of fused-ring (bicyclic) bond motifs is 1. The number of carbonyl (C=O) groups excluding carboxylic acids is 1. The summed E-state index contributed by atoms with van der Waals surface area (Å²) in [6, 6.07) is 8.02. The number of aryl methyl sites for hydroxylation is 1. The molecule has 3 rings (SSSR count). The molecule has 0 aliphatic heterocycles. The van der Waals surface area contributed by atoms with E-state index in [1.54, 1.807) is 12.4 Å². The van der Waals surface area contributed by atoms with Crippen LogP contribution in [0.2, 0.25) is 0 Å². The van der Waals surface area contributed by atoms with Gasteiger partial charge in [-0.1, -0.05) is 6.07 Å². The second-order valence-corrected chi connectivity index (χ2v) is 5.21. The van der Waals surface area contributed by atoms with E-state index in [4.69, 9.17) is 4.84 Å². The van der Waals surface area contributed by atoms with Crippen molar-refractivity contribution in [3.63, 3.8) is 0 Å². The molecular formula is C16H18N4O2. The molecule has 0 fully saturated rings. The number of nitrogens with zero attached hydrogens (tertiary/aromatic N) is 2. The number of nitrogens with one attached hydrogen (secondary N) is 2. The molecule has 0 atom stereocenters. The van der Waals surface area contributed by atoms with Crippen LogP contribution in [0.15, 0.2) is 36.7 Å². The molecule has 2 aromatic heterocycles. The van der Waals surface area contributed by atoms with E-state index in [1.807, 2.05) is 25.1 Å². The minimum Gasteiger partial charge on any atom is -0.396 e. The molecule has 1 amide bonds. The third kappa shape index (κ3) is 3.11. The standard InChI is InChI=1S/C16H18N4O2/c1-11-5-7-20(19-11)22-8-6-13-3-4-15-14(9-13)16(10-17-15)18-12(2)21/h3-5,7,9-10,17H,6,8H2,1-2H3,(H,18,21). The van der Waals surface area contributed by atoms with Crippen molar-refractivity contribution in [1.29, 1.82) is 0 Å². The summed E-state index contributed by atoms with van der Waals surface area (Å²) >= 11 is 0. The summed E-state index contributed by atoms with van der Waals surface area (Å²) in [5.74, 6) is -0.0799. The van der Waals surface area contributed by atoms with Gasteiger partial charge in [0.15, 0.2) is 0 Å². The highest BCUT2D eigenvalue weighted by molar-refractivity contribution is 6.01. The van der Waals surface area contributed by atoms with Gasteiger partial charge in [-0.05, 0) is 30.7 Å². The van der Waals surface area contributed by atoms with Crippen molar-refractivity contribution < 1.29 is 9.63 Å². The first-order valence-corrected chi connectivity index (χ1v) is 7.15. The van der Waals surface area contributed by atoms with Crippen molar-refractivity contribution in [2.24, 2.45) is 0 Å². The highest BCUT2D eigenvalue weighted by atomic mass is 16.7. The summed E-state index contributed by atoms with van der Waals surface area (Å²) in [7, 11) is 0. The van der Waals surface area contributed by atoms with Crippen molar-refractivity contribution in [3.8, 4) is 0 Å². The zero-order chi connectivity index (χ0) is 15.5. The second kappa shape index (κ2) is 5.93. The van der Waals surface area contributed by atoms with E-state index in [9.17, 15) is 4.79 Å². The van der Waals surface area contributed by atoms with Gasteiger partial charge in [-0.25, -0.2) is 0 Å². The van der Waals surface area contributed by atoms with E-state index >= 15 is 0 Å². The average molecular weight is 298 g/mol. The van der Waals surface area contributed by atoms with Gasteiger partial charge < -0.3 is 15.1 Å². The van der Waals surface area contributed by atoms with E-state index in [0.29, 0.717) is 6.61 Å². The van der Waals surface area contributed by atoms with Gasteiger partial charge in [-0.15, -0.1) is 9.94 Å². The Balaban J connectivity index is 1.69. The fourth-order valence-corrected chi connectivity index (χ4v) is 2.34. The van der Waals surface area contributed by atoms with Gasteiger partial charge in [0.2, 0.25) is 5.91 Å². The maximum Gasteiger partial charge on any atom is 0.221 e. The molecule has 1 aromatic carbocycles. The summed E-state index contributed by atoms with van der Waals surface area (Å²) in [6.45, 7) is 3.96. The van der Waals surface area contributed by atoms with Crippen LogP contribution in [0.4, 0.5) is 5.69 Å². The molecule has 22 heavy (non-hydrogen) atoms. The summed E-state index contributed by atoms with van der Waals surface area (Å²) in [5, 5.41) is 8.00. The maximum absolute atomic E-state index is 11.2. The topological polar surface area (TPSA) is 71.9 Å². The molecule has 0 unspecified atom stereocenters. The first-order valence-electron chi connectivity index (χ1n) is 7.15. The van der Waals surface area contributed by atoms with E-state index in [0.717, 1.165) is 34.3 Å². The lowest BCUT2D eigenvalue weighted by molar-refractivity contribution is -0.114. The van der Waals surface area contributed by atoms with Crippen LogP contribution in [-0.4, -0.2) is 27.4 Å². The van der Waals surface area contributed by atoms with Crippen molar-refractivity contribution in [2.75, 3.05) is 11.9 Å². The highest BCUT2D eigenvalue weighted by Crippen LogP contribution is 2.24. The van der Waals surface area contributed by atoms with Gasteiger partial charge in [0.05, 0.1) is 17.6 Å². The number of aromatic nitrogens is 3. The Morgan fingerprint density at radius 2 is 2.27 bits per heavy atom. The Kier molecular flexibility index (Phi) is 3.82. The minimum atomic E-state index is -0.0799. The average Bonchev–Trinajstić information content (AvgIpc) is 3.05. The fourth-order valence-electron chi connectivity index (χ4n) is 2.34. The smallest absolute Gasteiger partial charge is 0.221 e. The first kappa shape index (κ1) is 14.2. The van der Waals surface area contributed by atoms with Crippen LogP contribution in [-0.2, 0) is 11.2 Å². The van der Waals surface area contributed by atoms with Crippen molar-refractivity contribution in [2.45, 2.75) is 20.3 Å². The van der Waals surface area contributed by atoms with Crippen molar-refractivity contribution >= 4 is 22.5 Å². The van der Waals surface area contributed by atoms with Gasteiger partial charge in [0.25, 0.3) is 0 Å². The van der Waals surface area contributed by atoms with Gasteiger partial charge >= 0.3 is 0 Å². The quantitative estimate of drug-likeness (QED) is 0.759. The third-order valence-corrected chi connectivity index (χ3v) is 3.37. The molecule has 0 aliphatic carbocycles. The summed E-state index contributed by atoms with van der Waals surface area (Å²) in [4.78, 5) is 21.4. The molecule has 114 valence electrons. The second-order valence-electron chi connectivity index (χ2n) is 5.21. The molecule has 0 spiro atoms. The molecule has 6 heteroatoms. The number of anilines is 1. The van der Waals surface area contributed by atoms with E-state index in [-0.39, 0.29) is 5.91 Å². The normalized spacial score (nSPS) is 10.8. The number of amides is 1. The van der Waals surface area contributed by atoms with Gasteiger partial charge in [-0.2, -0.15) is 0 Å². The predicted molar refractivity (Wildman–Crippen MR) is 84.7 cm³/mol. The summed E-state index contributed by atoms with van der Waals surface area (Å²) in [6.07, 6.45) is 4.36. The molecule has 0 saturated heterocycles. The van der Waals surface area contributed by atoms with Crippen LogP contribution < -0.4 is 10.2 Å². The lowest BCUT2D eigenvalue weighted by Crippen LogP contribution is -2.15. The molecule has 6 nitrogen and oxygen atoms in total. The Labute approximate surface area is 128 Å². The van der Waals surface area contributed by atoms with Gasteiger partial charge in [0, 0.05) is 30.4 Å². The van der Waals surface area contributed by atoms with Crippen LogP contribution >= 0.6 is 0 Å². The highest BCUT2D eigenvalue weighted by Gasteiger charge is 2.06. The zero-order valence-corrected chi connectivity index (χ0v) is 12.6. The fraction of sp³-hybridized carbons (Fsp3) is 0.250. The lowest BCUT2D eigenvalue weighted by atomic mass is 10.1. The van der Waals surface area contributed by atoms with Crippen LogP contribution in [0.5, 0.6) is 0 Å². The van der Waals surface area contributed by atoms with E-state index in [2.05, 4.69) is 21.5 Å². The molecule has 0 bridgehead atoms. The van der Waals surface area contributed by atoms with Gasteiger partial charge in [0.1, 0.15) is 6.61 Å². The lowest BCUT2D eigenvalue weighted by Gasteiger charge is -2.06. The number of hydrogen-bond donors (Lipinski definition) is 2. The molecule has 3 aromatic rings. The number of H-pyrrole nitrogens is 1. The van der Waals surface area contributed by atoms with Gasteiger partial charge in [-0.3, -0.25) is 4.79 Å². The Hall–Kier alpha value is -2.76. The van der Waals surface area contributed by atoms with Crippen LogP contribution in [0.25, 0.3) is 10.9 Å². The maximum atomic E-state index is 11.2. The Morgan fingerprint density at radius 1 is 1.41 bits per heavy atom. The van der Waals surface area contributed by atoms with E-state index in [1.165, 1.54) is 11.8 Å². The largest absolute Gasteiger partial charge is 0.396 e. The van der Waals surface area contributed by atoms with Crippen LogP contribution in [0, 0.1) is 6.92 Å². The summed E-state index contributed by atoms with van der Waals surface area (Å²) < 4.78 is 0. The Morgan fingerprint density at radius 3 is 3.00 bits per heavy atom. The molecule has 0 aliphatic rings. The number of rotatable bonds is 5. The number of aromatic amines is 1. The number of hydrogen-bond acceptors (Lipinski definition) is 3. The predicted octanol–water partition coefficient (Wildman–Crippen LogP) is 2.30. The molecule has 2 N–H and O–H groups in total. The zero-order valence-electron chi connectivity index (χ0n) is 12.6. The van der Waals surface area contributed by atoms with Crippen LogP contribution in [0.1, 0.15) is 18.2 Å². The molecule has 2 heterocycles. The Bertz CT molecular complexity index is 803. The minimum absolute atomic E-state index is 0.0799. The third-order valence-electron chi connectivity index (χ3n) is 3.37. The van der Waals surface area contributed by atoms with Crippen molar-refractivity contribution in [1.82, 2.24) is 14.9 Å². The molecule has 0 radical (unpaired) electrons. The van der Waals surface area contributed by atoms with Crippen LogP contribution in [0.3, 0.4) is 0 Å². The summed E-state index contributed by atoms with van der Waals surface area (Å²) in [5.41, 5.74) is 3.86. The molecular weight excluding hydrogens is 280 g/mol. The van der Waals surface area contributed by atoms with Crippen molar-refractivity contribution in [3.05, 3.63) is 47.9 Å². The molecule has 0 saturated carbocycles.